The Morgan fingerprint density at radius 3 is 3.20 bits per heavy atom. The van der Waals surface area contributed by atoms with Crippen LogP contribution in [0.2, 0.25) is 0 Å². The maximum absolute atomic E-state index is 8.88. The van der Waals surface area contributed by atoms with Crippen molar-refractivity contribution in [3.05, 3.63) is 11.6 Å². The highest BCUT2D eigenvalue weighted by Crippen LogP contribution is 2.21. The molecule has 1 rings (SSSR count). The molecule has 0 spiro atoms. The second-order valence-corrected chi connectivity index (χ2v) is 5.31. The molecule has 0 saturated heterocycles. The van der Waals surface area contributed by atoms with Crippen LogP contribution in [-0.4, -0.2) is 23.3 Å². The van der Waals surface area contributed by atoms with Crippen LogP contribution in [0.3, 0.4) is 0 Å². The van der Waals surface area contributed by atoms with Crippen LogP contribution in [0.1, 0.15) is 19.8 Å². The summed E-state index contributed by atoms with van der Waals surface area (Å²) in [5.74, 6) is 0.947. The van der Waals surface area contributed by atoms with Crippen molar-refractivity contribution in [3.8, 4) is 6.07 Å². The molecule has 3 nitrogen and oxygen atoms in total. The van der Waals surface area contributed by atoms with E-state index in [1.807, 2.05) is 11.6 Å². The number of hydrogen-bond donors (Lipinski definition) is 1. The van der Waals surface area contributed by atoms with Gasteiger partial charge in [-0.25, -0.2) is 4.98 Å². The number of nitriles is 1. The standard InChI is InChI=1S/C10H15N3S2/c1-2-4-12-9(8-11)3-6-14-10-13-5-7-15-10/h5,7,9,12H,2-4,6H2,1H3. The first-order valence-corrected chi connectivity index (χ1v) is 6.88. The largest absolute Gasteiger partial charge is 0.302 e. The zero-order valence-electron chi connectivity index (χ0n) is 8.77. The van der Waals surface area contributed by atoms with Gasteiger partial charge in [-0.1, -0.05) is 18.7 Å². The smallest absolute Gasteiger partial charge is 0.149 e. The van der Waals surface area contributed by atoms with E-state index in [4.69, 9.17) is 5.26 Å². The molecule has 1 aromatic rings. The number of aromatic nitrogens is 1. The molecule has 0 aliphatic heterocycles. The van der Waals surface area contributed by atoms with Crippen LogP contribution >= 0.6 is 23.1 Å². The zero-order chi connectivity index (χ0) is 10.9. The summed E-state index contributed by atoms with van der Waals surface area (Å²) in [6.07, 6.45) is 3.75. The Morgan fingerprint density at radius 2 is 2.60 bits per heavy atom. The molecule has 0 saturated carbocycles. The first-order chi connectivity index (χ1) is 7.36. The number of hydrogen-bond acceptors (Lipinski definition) is 5. The van der Waals surface area contributed by atoms with Crippen LogP contribution in [0, 0.1) is 11.3 Å². The molecule has 82 valence electrons. The van der Waals surface area contributed by atoms with Crippen LogP contribution in [0.25, 0.3) is 0 Å². The zero-order valence-corrected chi connectivity index (χ0v) is 10.4. The summed E-state index contributed by atoms with van der Waals surface area (Å²) in [7, 11) is 0. The van der Waals surface area contributed by atoms with Gasteiger partial charge in [0.1, 0.15) is 4.34 Å². The van der Waals surface area contributed by atoms with E-state index in [1.54, 1.807) is 23.1 Å². The second-order valence-electron chi connectivity index (χ2n) is 3.07. The van der Waals surface area contributed by atoms with Gasteiger partial charge in [-0.2, -0.15) is 5.26 Å². The highest BCUT2D eigenvalue weighted by molar-refractivity contribution is 8.00. The summed E-state index contributed by atoms with van der Waals surface area (Å²) < 4.78 is 1.09. The SMILES string of the molecule is CCCNC(C#N)CCSc1nccs1. The second kappa shape index (κ2) is 7.69. The van der Waals surface area contributed by atoms with Crippen LogP contribution in [0.4, 0.5) is 0 Å². The topological polar surface area (TPSA) is 48.7 Å². The predicted molar refractivity (Wildman–Crippen MR) is 65.1 cm³/mol. The average molecular weight is 241 g/mol. The molecular weight excluding hydrogens is 226 g/mol. The van der Waals surface area contributed by atoms with Gasteiger partial charge in [0, 0.05) is 17.3 Å². The molecule has 0 fully saturated rings. The minimum atomic E-state index is -0.0163. The lowest BCUT2D eigenvalue weighted by Crippen LogP contribution is -2.28. The third-order valence-electron chi connectivity index (χ3n) is 1.84. The van der Waals surface area contributed by atoms with Crippen molar-refractivity contribution >= 4 is 23.1 Å². The number of thiazole rings is 1. The summed E-state index contributed by atoms with van der Waals surface area (Å²) in [6.45, 7) is 3.02. The van der Waals surface area contributed by atoms with Crippen molar-refractivity contribution in [1.29, 1.82) is 5.26 Å². The Morgan fingerprint density at radius 1 is 1.73 bits per heavy atom. The number of nitrogens with one attached hydrogen (secondary N) is 1. The van der Waals surface area contributed by atoms with E-state index in [0.717, 1.165) is 29.5 Å². The van der Waals surface area contributed by atoms with E-state index in [1.165, 1.54) is 0 Å². The first kappa shape index (κ1) is 12.5. The molecule has 1 unspecified atom stereocenters. The molecule has 0 amide bonds. The lowest BCUT2D eigenvalue weighted by Gasteiger charge is -2.09. The molecule has 0 aliphatic carbocycles. The molecule has 1 N–H and O–H groups in total. The fourth-order valence-electron chi connectivity index (χ4n) is 1.08. The van der Waals surface area contributed by atoms with E-state index in [0.29, 0.717) is 0 Å². The monoisotopic (exact) mass is 241 g/mol. The lowest BCUT2D eigenvalue weighted by atomic mass is 10.2. The van der Waals surface area contributed by atoms with Crippen molar-refractivity contribution in [2.75, 3.05) is 12.3 Å². The van der Waals surface area contributed by atoms with Crippen molar-refractivity contribution in [1.82, 2.24) is 10.3 Å². The Hall–Kier alpha value is -0.570. The molecular formula is C10H15N3S2. The number of thioether (sulfide) groups is 1. The molecule has 5 heteroatoms. The Labute approximate surface area is 98.9 Å². The molecule has 15 heavy (non-hydrogen) atoms. The van der Waals surface area contributed by atoms with Gasteiger partial charge < -0.3 is 5.32 Å². The number of rotatable bonds is 7. The summed E-state index contributed by atoms with van der Waals surface area (Å²) in [4.78, 5) is 4.18. The molecule has 0 aliphatic rings. The Bertz CT molecular complexity index is 292. The Kier molecular flexibility index (Phi) is 6.41. The maximum Gasteiger partial charge on any atom is 0.149 e. The highest BCUT2D eigenvalue weighted by atomic mass is 32.2. The van der Waals surface area contributed by atoms with Crippen LogP contribution in [0.5, 0.6) is 0 Å². The van der Waals surface area contributed by atoms with E-state index < -0.39 is 0 Å². The van der Waals surface area contributed by atoms with Crippen LogP contribution in [0.15, 0.2) is 15.9 Å². The van der Waals surface area contributed by atoms with Gasteiger partial charge in [-0.05, 0) is 19.4 Å². The minimum absolute atomic E-state index is 0.0163. The van der Waals surface area contributed by atoms with Gasteiger partial charge >= 0.3 is 0 Å². The quantitative estimate of drug-likeness (QED) is 0.745. The number of nitrogens with zero attached hydrogens (tertiary/aromatic N) is 2. The van der Waals surface area contributed by atoms with Crippen molar-refractivity contribution in [2.24, 2.45) is 0 Å². The van der Waals surface area contributed by atoms with Gasteiger partial charge in [0.15, 0.2) is 0 Å². The van der Waals surface area contributed by atoms with E-state index >= 15 is 0 Å². The van der Waals surface area contributed by atoms with Crippen molar-refractivity contribution in [3.63, 3.8) is 0 Å². The van der Waals surface area contributed by atoms with Crippen LogP contribution in [-0.2, 0) is 0 Å². The molecule has 1 aromatic heterocycles. The van der Waals surface area contributed by atoms with Crippen molar-refractivity contribution < 1.29 is 0 Å². The van der Waals surface area contributed by atoms with Gasteiger partial charge in [0.25, 0.3) is 0 Å². The first-order valence-electron chi connectivity index (χ1n) is 5.02. The van der Waals surface area contributed by atoms with Gasteiger partial charge in [-0.15, -0.1) is 11.3 Å². The third-order valence-corrected chi connectivity index (χ3v) is 3.84. The highest BCUT2D eigenvalue weighted by Gasteiger charge is 2.06. The minimum Gasteiger partial charge on any atom is -0.302 e. The molecule has 0 radical (unpaired) electrons. The molecule has 1 atom stereocenters. The summed E-state index contributed by atoms with van der Waals surface area (Å²) >= 11 is 3.37. The molecule has 0 aromatic carbocycles. The maximum atomic E-state index is 8.88. The van der Waals surface area contributed by atoms with E-state index in [-0.39, 0.29) is 6.04 Å². The molecule has 0 bridgehead atoms. The van der Waals surface area contributed by atoms with Gasteiger partial charge in [0.05, 0.1) is 12.1 Å². The van der Waals surface area contributed by atoms with E-state index in [2.05, 4.69) is 23.3 Å². The molecule has 1 heterocycles. The summed E-state index contributed by atoms with van der Waals surface area (Å²) in [6, 6.07) is 2.26. The predicted octanol–water partition coefficient (Wildman–Crippen LogP) is 2.52. The third kappa shape index (κ3) is 5.17. The average Bonchev–Trinajstić information content (AvgIpc) is 2.76. The van der Waals surface area contributed by atoms with Crippen molar-refractivity contribution in [2.45, 2.75) is 30.1 Å². The lowest BCUT2D eigenvalue weighted by molar-refractivity contribution is 0.585. The summed E-state index contributed by atoms with van der Waals surface area (Å²) in [5.41, 5.74) is 0. The summed E-state index contributed by atoms with van der Waals surface area (Å²) in [5, 5.41) is 14.1. The van der Waals surface area contributed by atoms with E-state index in [9.17, 15) is 0 Å². The normalized spacial score (nSPS) is 12.3. The van der Waals surface area contributed by atoms with Crippen LogP contribution < -0.4 is 5.32 Å². The Balaban J connectivity index is 2.15. The fourth-order valence-corrected chi connectivity index (χ4v) is 2.79. The van der Waals surface area contributed by atoms with Gasteiger partial charge in [-0.3, -0.25) is 0 Å². The van der Waals surface area contributed by atoms with Gasteiger partial charge in [0.2, 0.25) is 0 Å². The fraction of sp³-hybridized carbons (Fsp3) is 0.600.